The lowest BCUT2D eigenvalue weighted by Gasteiger charge is -2.13. The molecule has 154 valence electrons. The van der Waals surface area contributed by atoms with Gasteiger partial charge in [-0.05, 0) is 60.0 Å². The van der Waals surface area contributed by atoms with Gasteiger partial charge in [0.25, 0.3) is 11.8 Å². The number of nitrogens with zero attached hydrogens (tertiary/aromatic N) is 1. The van der Waals surface area contributed by atoms with Gasteiger partial charge in [0.1, 0.15) is 10.9 Å². The number of nitrogens with one attached hydrogen (secondary N) is 1. The fourth-order valence-corrected chi connectivity index (χ4v) is 3.23. The molecule has 0 saturated heterocycles. The number of primary amides is 1. The van der Waals surface area contributed by atoms with Crippen molar-refractivity contribution in [1.82, 2.24) is 4.98 Å². The highest BCUT2D eigenvalue weighted by molar-refractivity contribution is 6.31. The second-order valence-corrected chi connectivity index (χ2v) is 7.42. The van der Waals surface area contributed by atoms with Gasteiger partial charge in [0, 0.05) is 23.2 Å². The molecular weight excluding hydrogens is 425 g/mol. The molecule has 6 nitrogen and oxygen atoms in total. The van der Waals surface area contributed by atoms with Crippen LogP contribution in [0.25, 0.3) is 0 Å². The molecule has 3 N–H and O–H groups in total. The second-order valence-electron chi connectivity index (χ2n) is 6.62. The van der Waals surface area contributed by atoms with Crippen LogP contribution in [0.15, 0.2) is 54.7 Å². The van der Waals surface area contributed by atoms with E-state index in [1.807, 2.05) is 6.92 Å². The average Bonchev–Trinajstić information content (AvgIpc) is 2.70. The summed E-state index contributed by atoms with van der Waals surface area (Å²) in [6.45, 7) is 1.66. The Balaban J connectivity index is 1.81. The van der Waals surface area contributed by atoms with Crippen molar-refractivity contribution in [3.63, 3.8) is 0 Å². The number of amides is 2. The van der Waals surface area contributed by atoms with Crippen molar-refractivity contribution < 1.29 is 14.3 Å². The molecule has 0 saturated carbocycles. The fourth-order valence-electron chi connectivity index (χ4n) is 2.83. The van der Waals surface area contributed by atoms with E-state index in [9.17, 15) is 9.59 Å². The number of para-hydroxylation sites is 2. The monoisotopic (exact) mass is 443 g/mol. The van der Waals surface area contributed by atoms with Crippen LogP contribution in [0.5, 0.6) is 5.75 Å². The van der Waals surface area contributed by atoms with E-state index in [4.69, 9.17) is 33.7 Å². The first-order valence-electron chi connectivity index (χ1n) is 9.04. The molecule has 3 aromatic rings. The number of carbonyl (C=O) groups excluding carboxylic acids is 2. The van der Waals surface area contributed by atoms with E-state index in [1.165, 1.54) is 0 Å². The zero-order valence-electron chi connectivity index (χ0n) is 16.1. The highest BCUT2D eigenvalue weighted by Crippen LogP contribution is 2.26. The minimum absolute atomic E-state index is 0.285. The number of carbonyl (C=O) groups is 2. The van der Waals surface area contributed by atoms with Crippen LogP contribution in [-0.2, 0) is 11.2 Å². The maximum absolute atomic E-state index is 12.8. The van der Waals surface area contributed by atoms with Gasteiger partial charge < -0.3 is 15.8 Å². The smallest absolute Gasteiger partial charge is 0.255 e. The van der Waals surface area contributed by atoms with Crippen molar-refractivity contribution in [2.75, 3.05) is 11.9 Å². The summed E-state index contributed by atoms with van der Waals surface area (Å²) in [4.78, 5) is 27.9. The topological polar surface area (TPSA) is 94.3 Å². The molecule has 0 fully saturated rings. The van der Waals surface area contributed by atoms with Crippen molar-refractivity contribution in [1.29, 1.82) is 0 Å². The van der Waals surface area contributed by atoms with Gasteiger partial charge in [-0.3, -0.25) is 9.59 Å². The highest BCUT2D eigenvalue weighted by Gasteiger charge is 2.13. The summed E-state index contributed by atoms with van der Waals surface area (Å²) in [5.41, 5.74) is 8.71. The first kappa shape index (κ1) is 21.6. The number of rotatable bonds is 7. The fraction of sp³-hybridized carbons (Fsp3) is 0.136. The highest BCUT2D eigenvalue weighted by atomic mass is 35.5. The van der Waals surface area contributed by atoms with Gasteiger partial charge >= 0.3 is 0 Å². The quantitative estimate of drug-likeness (QED) is 0.528. The molecule has 1 aromatic heterocycles. The largest absolute Gasteiger partial charge is 0.482 e. The minimum Gasteiger partial charge on any atom is -0.482 e. The number of nitrogens with two attached hydrogens (primary N) is 1. The lowest BCUT2D eigenvalue weighted by Crippen LogP contribution is -2.21. The van der Waals surface area contributed by atoms with E-state index in [-0.39, 0.29) is 12.5 Å². The molecule has 2 aromatic carbocycles. The number of halogens is 2. The predicted molar refractivity (Wildman–Crippen MR) is 117 cm³/mol. The molecular formula is C22H19Cl2N3O3. The SMILES string of the molecule is Cc1cc(Cl)ncc1Cc1cc(C(=O)Nc2ccccc2OCC(N)=O)ccc1Cl. The van der Waals surface area contributed by atoms with Gasteiger partial charge in [0.15, 0.2) is 6.61 Å². The summed E-state index contributed by atoms with van der Waals surface area (Å²) in [7, 11) is 0. The Labute approximate surface area is 184 Å². The van der Waals surface area contributed by atoms with Crippen LogP contribution < -0.4 is 15.8 Å². The molecule has 0 spiro atoms. The van der Waals surface area contributed by atoms with Crippen molar-refractivity contribution >= 4 is 40.7 Å². The standard InChI is InChI=1S/C22H19Cl2N3O3/c1-13-8-20(24)26-11-16(13)10-15-9-14(6-7-17(15)23)22(29)27-18-4-2-3-5-19(18)30-12-21(25)28/h2-9,11H,10,12H2,1H3,(H2,25,28)(H,27,29). The van der Waals surface area contributed by atoms with Crippen LogP contribution in [0.4, 0.5) is 5.69 Å². The van der Waals surface area contributed by atoms with Crippen LogP contribution in [0.2, 0.25) is 10.2 Å². The van der Waals surface area contributed by atoms with E-state index in [1.54, 1.807) is 54.7 Å². The number of anilines is 1. The maximum Gasteiger partial charge on any atom is 0.255 e. The van der Waals surface area contributed by atoms with Crippen LogP contribution >= 0.6 is 23.2 Å². The lowest BCUT2D eigenvalue weighted by atomic mass is 10.0. The lowest BCUT2D eigenvalue weighted by molar-refractivity contribution is -0.119. The molecule has 0 atom stereocenters. The Bertz CT molecular complexity index is 1100. The number of aryl methyl sites for hydroxylation is 1. The Kier molecular flexibility index (Phi) is 6.92. The third-order valence-electron chi connectivity index (χ3n) is 4.38. The first-order chi connectivity index (χ1) is 14.3. The molecule has 0 unspecified atom stereocenters. The Morgan fingerprint density at radius 1 is 1.10 bits per heavy atom. The summed E-state index contributed by atoms with van der Waals surface area (Å²) in [5.74, 6) is -0.596. The summed E-state index contributed by atoms with van der Waals surface area (Å²) in [6.07, 6.45) is 2.21. The summed E-state index contributed by atoms with van der Waals surface area (Å²) in [6, 6.07) is 13.6. The predicted octanol–water partition coefficient (Wildman–Crippen LogP) is 4.40. The normalized spacial score (nSPS) is 10.5. The number of pyridine rings is 1. The van der Waals surface area contributed by atoms with Crippen LogP contribution in [0, 0.1) is 6.92 Å². The third kappa shape index (κ3) is 5.49. The third-order valence-corrected chi connectivity index (χ3v) is 4.96. The first-order valence-corrected chi connectivity index (χ1v) is 9.80. The molecule has 0 bridgehead atoms. The Morgan fingerprint density at radius 3 is 2.60 bits per heavy atom. The zero-order chi connectivity index (χ0) is 21.7. The summed E-state index contributed by atoms with van der Waals surface area (Å²) in [5, 5.41) is 3.76. The van der Waals surface area contributed by atoms with E-state index in [0.29, 0.717) is 33.6 Å². The van der Waals surface area contributed by atoms with Crippen molar-refractivity contribution in [2.24, 2.45) is 5.73 Å². The van der Waals surface area contributed by atoms with Gasteiger partial charge in [0.2, 0.25) is 0 Å². The van der Waals surface area contributed by atoms with Crippen LogP contribution in [-0.4, -0.2) is 23.4 Å². The van der Waals surface area contributed by atoms with Gasteiger partial charge in [-0.15, -0.1) is 0 Å². The molecule has 30 heavy (non-hydrogen) atoms. The molecule has 1 heterocycles. The average molecular weight is 444 g/mol. The van der Waals surface area contributed by atoms with E-state index in [2.05, 4.69) is 10.3 Å². The summed E-state index contributed by atoms with van der Waals surface area (Å²) >= 11 is 12.3. The number of hydrogen-bond donors (Lipinski definition) is 2. The molecule has 0 aliphatic heterocycles. The number of benzene rings is 2. The number of aromatic nitrogens is 1. The molecule has 8 heteroatoms. The second kappa shape index (κ2) is 9.61. The van der Waals surface area contributed by atoms with E-state index < -0.39 is 5.91 Å². The minimum atomic E-state index is -0.606. The van der Waals surface area contributed by atoms with Crippen molar-refractivity contribution in [2.45, 2.75) is 13.3 Å². The molecule has 3 rings (SSSR count). The molecule has 0 aliphatic carbocycles. The molecule has 0 aliphatic rings. The zero-order valence-corrected chi connectivity index (χ0v) is 17.6. The van der Waals surface area contributed by atoms with Crippen molar-refractivity contribution in [3.05, 3.63) is 87.2 Å². The Morgan fingerprint density at radius 2 is 1.87 bits per heavy atom. The van der Waals surface area contributed by atoms with E-state index >= 15 is 0 Å². The number of ether oxygens (including phenoxy) is 1. The van der Waals surface area contributed by atoms with Gasteiger partial charge in [-0.2, -0.15) is 0 Å². The summed E-state index contributed by atoms with van der Waals surface area (Å²) < 4.78 is 5.35. The van der Waals surface area contributed by atoms with E-state index in [0.717, 1.165) is 16.7 Å². The molecule has 0 radical (unpaired) electrons. The van der Waals surface area contributed by atoms with Crippen LogP contribution in [0.3, 0.4) is 0 Å². The maximum atomic E-state index is 12.8. The van der Waals surface area contributed by atoms with Crippen molar-refractivity contribution in [3.8, 4) is 5.75 Å². The molecule has 2 amide bonds. The van der Waals surface area contributed by atoms with Gasteiger partial charge in [0.05, 0.1) is 5.69 Å². The van der Waals surface area contributed by atoms with Crippen LogP contribution in [0.1, 0.15) is 27.0 Å². The van der Waals surface area contributed by atoms with Gasteiger partial charge in [-0.25, -0.2) is 4.98 Å². The number of hydrogen-bond acceptors (Lipinski definition) is 4. The van der Waals surface area contributed by atoms with Gasteiger partial charge in [-0.1, -0.05) is 35.3 Å². The Hall–Kier alpha value is -3.09.